The molecule has 0 saturated heterocycles. The third-order valence-electron chi connectivity index (χ3n) is 4.04. The summed E-state index contributed by atoms with van der Waals surface area (Å²) in [4.78, 5) is 24.8. The average molecular weight is 336 g/mol. The molecule has 0 aliphatic heterocycles. The molecule has 0 unspecified atom stereocenters. The number of rotatable bonds is 6. The van der Waals surface area contributed by atoms with Gasteiger partial charge in [0, 0.05) is 17.5 Å². The molecule has 0 fully saturated rings. The first-order valence-corrected chi connectivity index (χ1v) is 8.23. The highest BCUT2D eigenvalue weighted by Crippen LogP contribution is 2.13. The zero-order valence-corrected chi connectivity index (χ0v) is 14.0. The SMILES string of the molecule is CC[C@@H](NC(=O)c1ccc2[nH]ncc2c1)C(=O)NCc1ccccc1. The number of hydrogen-bond donors (Lipinski definition) is 3. The summed E-state index contributed by atoms with van der Waals surface area (Å²) >= 11 is 0. The van der Waals surface area contributed by atoms with Crippen LogP contribution in [0.4, 0.5) is 0 Å². The van der Waals surface area contributed by atoms with E-state index in [0.717, 1.165) is 16.5 Å². The molecule has 0 bridgehead atoms. The molecule has 0 aliphatic carbocycles. The zero-order chi connectivity index (χ0) is 17.6. The van der Waals surface area contributed by atoms with Crippen molar-refractivity contribution in [1.82, 2.24) is 20.8 Å². The first-order valence-electron chi connectivity index (χ1n) is 8.23. The van der Waals surface area contributed by atoms with E-state index < -0.39 is 6.04 Å². The van der Waals surface area contributed by atoms with Crippen molar-refractivity contribution in [3.05, 3.63) is 65.9 Å². The molecular formula is C19H20N4O2. The predicted octanol–water partition coefficient (Wildman–Crippen LogP) is 2.39. The van der Waals surface area contributed by atoms with Crippen LogP contribution in [0.3, 0.4) is 0 Å². The predicted molar refractivity (Wildman–Crippen MR) is 95.9 cm³/mol. The van der Waals surface area contributed by atoms with Gasteiger partial charge in [-0.25, -0.2) is 0 Å². The molecule has 25 heavy (non-hydrogen) atoms. The van der Waals surface area contributed by atoms with Crippen molar-refractivity contribution in [2.45, 2.75) is 25.9 Å². The number of hydrogen-bond acceptors (Lipinski definition) is 3. The summed E-state index contributed by atoms with van der Waals surface area (Å²) in [5, 5.41) is 13.3. The lowest BCUT2D eigenvalue weighted by Gasteiger charge is -2.17. The monoisotopic (exact) mass is 336 g/mol. The summed E-state index contributed by atoms with van der Waals surface area (Å²) in [5.74, 6) is -0.464. The molecule has 1 aromatic heterocycles. The molecule has 0 spiro atoms. The smallest absolute Gasteiger partial charge is 0.251 e. The standard InChI is InChI=1S/C19H20N4O2/c1-2-16(19(25)20-11-13-6-4-3-5-7-13)22-18(24)14-8-9-17-15(10-14)12-21-23-17/h3-10,12,16H,2,11H2,1H3,(H,20,25)(H,21,23)(H,22,24)/t16-/m1/s1. The van der Waals surface area contributed by atoms with Gasteiger partial charge in [0.15, 0.2) is 0 Å². The van der Waals surface area contributed by atoms with Crippen LogP contribution in [0.5, 0.6) is 0 Å². The second kappa shape index (κ2) is 7.61. The van der Waals surface area contributed by atoms with Crippen molar-refractivity contribution in [2.24, 2.45) is 0 Å². The minimum atomic E-state index is -0.573. The van der Waals surface area contributed by atoms with Gasteiger partial charge in [-0.05, 0) is 30.2 Å². The van der Waals surface area contributed by atoms with Gasteiger partial charge in [-0.3, -0.25) is 14.7 Å². The third-order valence-corrected chi connectivity index (χ3v) is 4.04. The molecule has 1 heterocycles. The Balaban J connectivity index is 1.62. The van der Waals surface area contributed by atoms with E-state index in [-0.39, 0.29) is 11.8 Å². The van der Waals surface area contributed by atoms with Crippen LogP contribution in [0.2, 0.25) is 0 Å². The number of carbonyl (C=O) groups is 2. The number of fused-ring (bicyclic) bond motifs is 1. The van der Waals surface area contributed by atoms with E-state index in [4.69, 9.17) is 0 Å². The average Bonchev–Trinajstić information content (AvgIpc) is 3.12. The van der Waals surface area contributed by atoms with E-state index in [2.05, 4.69) is 20.8 Å². The molecule has 0 saturated carbocycles. The fourth-order valence-electron chi connectivity index (χ4n) is 2.59. The number of carbonyl (C=O) groups excluding carboxylic acids is 2. The van der Waals surface area contributed by atoms with E-state index in [1.54, 1.807) is 24.4 Å². The minimum Gasteiger partial charge on any atom is -0.350 e. The van der Waals surface area contributed by atoms with Gasteiger partial charge in [0.25, 0.3) is 5.91 Å². The van der Waals surface area contributed by atoms with E-state index in [1.807, 2.05) is 37.3 Å². The van der Waals surface area contributed by atoms with E-state index in [1.165, 1.54) is 0 Å². The Bertz CT molecular complexity index is 873. The maximum absolute atomic E-state index is 12.4. The van der Waals surface area contributed by atoms with Crippen LogP contribution in [0.1, 0.15) is 29.3 Å². The van der Waals surface area contributed by atoms with Crippen LogP contribution in [0.15, 0.2) is 54.7 Å². The molecule has 0 radical (unpaired) electrons. The number of aromatic nitrogens is 2. The Kier molecular flexibility index (Phi) is 5.09. The highest BCUT2D eigenvalue weighted by molar-refractivity contribution is 6.00. The van der Waals surface area contributed by atoms with Crippen molar-refractivity contribution in [2.75, 3.05) is 0 Å². The maximum Gasteiger partial charge on any atom is 0.251 e. The fraction of sp³-hybridized carbons (Fsp3) is 0.211. The summed E-state index contributed by atoms with van der Waals surface area (Å²) in [7, 11) is 0. The minimum absolute atomic E-state index is 0.191. The highest BCUT2D eigenvalue weighted by Gasteiger charge is 2.19. The van der Waals surface area contributed by atoms with E-state index in [9.17, 15) is 9.59 Å². The molecule has 2 amide bonds. The van der Waals surface area contributed by atoms with Gasteiger partial charge in [-0.1, -0.05) is 37.3 Å². The van der Waals surface area contributed by atoms with Crippen molar-refractivity contribution in [3.8, 4) is 0 Å². The Morgan fingerprint density at radius 3 is 2.72 bits per heavy atom. The van der Waals surface area contributed by atoms with Gasteiger partial charge >= 0.3 is 0 Å². The number of amides is 2. The number of nitrogens with zero attached hydrogens (tertiary/aromatic N) is 1. The Labute approximate surface area is 145 Å². The van der Waals surface area contributed by atoms with E-state index in [0.29, 0.717) is 18.5 Å². The zero-order valence-electron chi connectivity index (χ0n) is 14.0. The number of H-pyrrole nitrogens is 1. The molecule has 128 valence electrons. The van der Waals surface area contributed by atoms with Crippen molar-refractivity contribution >= 4 is 22.7 Å². The normalized spacial score (nSPS) is 11.9. The molecular weight excluding hydrogens is 316 g/mol. The molecule has 0 aliphatic rings. The second-order valence-electron chi connectivity index (χ2n) is 5.81. The summed E-state index contributed by atoms with van der Waals surface area (Å²) < 4.78 is 0. The van der Waals surface area contributed by atoms with Crippen molar-refractivity contribution in [3.63, 3.8) is 0 Å². The fourth-order valence-corrected chi connectivity index (χ4v) is 2.59. The maximum atomic E-state index is 12.4. The lowest BCUT2D eigenvalue weighted by atomic mass is 10.1. The number of aromatic amines is 1. The molecule has 6 nitrogen and oxygen atoms in total. The van der Waals surface area contributed by atoms with Gasteiger partial charge in [-0.15, -0.1) is 0 Å². The quantitative estimate of drug-likeness (QED) is 0.646. The van der Waals surface area contributed by atoms with Crippen molar-refractivity contribution in [1.29, 1.82) is 0 Å². The van der Waals surface area contributed by atoms with Crippen LogP contribution < -0.4 is 10.6 Å². The highest BCUT2D eigenvalue weighted by atomic mass is 16.2. The van der Waals surface area contributed by atoms with Crippen LogP contribution in [-0.4, -0.2) is 28.1 Å². The summed E-state index contributed by atoms with van der Waals surface area (Å²) in [6.45, 7) is 2.30. The van der Waals surface area contributed by atoms with Gasteiger partial charge in [-0.2, -0.15) is 5.10 Å². The second-order valence-corrected chi connectivity index (χ2v) is 5.81. The molecule has 3 N–H and O–H groups in total. The lowest BCUT2D eigenvalue weighted by molar-refractivity contribution is -0.123. The van der Waals surface area contributed by atoms with E-state index >= 15 is 0 Å². The van der Waals surface area contributed by atoms with Gasteiger partial charge in [0.05, 0.1) is 11.7 Å². The third kappa shape index (κ3) is 4.03. The first-order chi connectivity index (χ1) is 12.2. The van der Waals surface area contributed by atoms with Crippen LogP contribution in [0, 0.1) is 0 Å². The Morgan fingerprint density at radius 1 is 1.16 bits per heavy atom. The molecule has 3 rings (SSSR count). The Hall–Kier alpha value is -3.15. The molecule has 1 atom stereocenters. The van der Waals surface area contributed by atoms with Crippen molar-refractivity contribution < 1.29 is 9.59 Å². The molecule has 2 aromatic carbocycles. The summed E-state index contributed by atoms with van der Waals surface area (Å²) in [5.41, 5.74) is 2.38. The van der Waals surface area contributed by atoms with Crippen LogP contribution in [-0.2, 0) is 11.3 Å². The van der Waals surface area contributed by atoms with Gasteiger partial charge in [0.1, 0.15) is 6.04 Å². The summed E-state index contributed by atoms with van der Waals surface area (Å²) in [6, 6.07) is 14.4. The number of nitrogens with one attached hydrogen (secondary N) is 3. The lowest BCUT2D eigenvalue weighted by Crippen LogP contribution is -2.46. The van der Waals surface area contributed by atoms with Crippen LogP contribution in [0.25, 0.3) is 10.9 Å². The molecule has 6 heteroatoms. The number of benzene rings is 2. The largest absolute Gasteiger partial charge is 0.350 e. The van der Waals surface area contributed by atoms with Crippen LogP contribution >= 0.6 is 0 Å². The Morgan fingerprint density at radius 2 is 1.96 bits per heavy atom. The molecule has 3 aromatic rings. The summed E-state index contributed by atoms with van der Waals surface area (Å²) in [6.07, 6.45) is 2.18. The topological polar surface area (TPSA) is 86.9 Å². The first kappa shape index (κ1) is 16.7. The van der Waals surface area contributed by atoms with Gasteiger partial charge in [0.2, 0.25) is 5.91 Å². The van der Waals surface area contributed by atoms with Gasteiger partial charge < -0.3 is 10.6 Å².